The van der Waals surface area contributed by atoms with E-state index in [4.69, 9.17) is 0 Å². The van der Waals surface area contributed by atoms with E-state index in [1.165, 1.54) is 12.8 Å². The largest absolute Gasteiger partial charge is 0.359 e. The Morgan fingerprint density at radius 3 is 2.36 bits per heavy atom. The van der Waals surface area contributed by atoms with Gasteiger partial charge in [0.1, 0.15) is 0 Å². The monoisotopic (exact) mass is 423 g/mol. The van der Waals surface area contributed by atoms with Gasteiger partial charge in [-0.1, -0.05) is 12.8 Å². The lowest BCUT2D eigenvalue weighted by Crippen LogP contribution is -2.51. The summed E-state index contributed by atoms with van der Waals surface area (Å²) < 4.78 is 0. The van der Waals surface area contributed by atoms with E-state index in [2.05, 4.69) is 25.4 Å². The van der Waals surface area contributed by atoms with Crippen molar-refractivity contribution in [3.63, 3.8) is 0 Å². The highest BCUT2D eigenvalue weighted by Crippen LogP contribution is 2.26. The summed E-state index contributed by atoms with van der Waals surface area (Å²) in [7, 11) is 3.63. The fraction of sp³-hybridized carbons (Fsp3) is 0.867. The number of carbonyl (C=O) groups is 1. The van der Waals surface area contributed by atoms with Crippen LogP contribution >= 0.6 is 24.0 Å². The Labute approximate surface area is 151 Å². The maximum Gasteiger partial charge on any atom is 0.225 e. The summed E-state index contributed by atoms with van der Waals surface area (Å²) in [4.78, 5) is 20.9. The molecule has 1 aliphatic heterocycles. The Balaban J connectivity index is 0.00000242. The van der Waals surface area contributed by atoms with Gasteiger partial charge in [0, 0.05) is 59.3 Å². The number of hydrogen-bond acceptors (Lipinski definition) is 3. The molecule has 1 amide bonds. The molecule has 2 rings (SSSR count). The standard InChI is InChI=1S/C15H29N5O.HI/c1-16-15(17-2)18-7-8-19-9-11-20(12-10-19)14(21)13-5-3-4-6-13;/h13H,3-12H2,1-2H3,(H2,16,17,18);1H. The molecule has 2 aliphatic rings. The number of halogens is 1. The van der Waals surface area contributed by atoms with Gasteiger partial charge in [0.15, 0.2) is 5.96 Å². The first-order chi connectivity index (χ1) is 10.2. The Morgan fingerprint density at radius 1 is 1.18 bits per heavy atom. The van der Waals surface area contributed by atoms with Crippen molar-refractivity contribution in [1.29, 1.82) is 0 Å². The molecule has 1 saturated carbocycles. The van der Waals surface area contributed by atoms with Crippen LogP contribution < -0.4 is 10.6 Å². The van der Waals surface area contributed by atoms with Crippen LogP contribution in [0.25, 0.3) is 0 Å². The summed E-state index contributed by atoms with van der Waals surface area (Å²) in [5, 5.41) is 6.27. The highest BCUT2D eigenvalue weighted by Gasteiger charge is 2.29. The van der Waals surface area contributed by atoms with Gasteiger partial charge in [0.25, 0.3) is 0 Å². The van der Waals surface area contributed by atoms with Crippen molar-refractivity contribution in [1.82, 2.24) is 20.4 Å². The lowest BCUT2D eigenvalue weighted by Gasteiger charge is -2.36. The SMILES string of the molecule is CN=C(NC)NCCN1CCN(C(=O)C2CCCC2)CC1.I. The highest BCUT2D eigenvalue weighted by atomic mass is 127. The molecular formula is C15H30IN5O. The zero-order chi connectivity index (χ0) is 15.1. The summed E-state index contributed by atoms with van der Waals surface area (Å²) in [6, 6.07) is 0. The first-order valence-electron chi connectivity index (χ1n) is 8.14. The smallest absolute Gasteiger partial charge is 0.225 e. The van der Waals surface area contributed by atoms with Gasteiger partial charge in [-0.15, -0.1) is 24.0 Å². The minimum Gasteiger partial charge on any atom is -0.359 e. The van der Waals surface area contributed by atoms with Crippen LogP contribution in [0, 0.1) is 5.92 Å². The molecule has 1 saturated heterocycles. The molecule has 2 N–H and O–H groups in total. The number of nitrogens with one attached hydrogen (secondary N) is 2. The van der Waals surface area contributed by atoms with Crippen molar-refractivity contribution < 1.29 is 4.79 Å². The maximum atomic E-state index is 12.4. The van der Waals surface area contributed by atoms with E-state index in [1.807, 2.05) is 7.05 Å². The van der Waals surface area contributed by atoms with Crippen molar-refractivity contribution >= 4 is 35.8 Å². The quantitative estimate of drug-likeness (QED) is 0.398. The van der Waals surface area contributed by atoms with Crippen LogP contribution in [-0.2, 0) is 4.79 Å². The molecule has 0 unspecified atom stereocenters. The number of guanidine groups is 1. The second-order valence-corrected chi connectivity index (χ2v) is 5.90. The number of nitrogens with zero attached hydrogens (tertiary/aromatic N) is 3. The third-order valence-corrected chi connectivity index (χ3v) is 4.57. The van der Waals surface area contributed by atoms with Crippen LogP contribution in [0.5, 0.6) is 0 Å². The van der Waals surface area contributed by atoms with E-state index >= 15 is 0 Å². The molecule has 7 heteroatoms. The molecule has 1 heterocycles. The maximum absolute atomic E-state index is 12.4. The average molecular weight is 423 g/mol. The second-order valence-electron chi connectivity index (χ2n) is 5.90. The van der Waals surface area contributed by atoms with E-state index in [0.717, 1.165) is 58.1 Å². The predicted molar refractivity (Wildman–Crippen MR) is 101 cm³/mol. The van der Waals surface area contributed by atoms with E-state index in [9.17, 15) is 4.79 Å². The number of carbonyl (C=O) groups excluding carboxylic acids is 1. The molecule has 1 aliphatic carbocycles. The van der Waals surface area contributed by atoms with Gasteiger partial charge >= 0.3 is 0 Å². The molecule has 2 fully saturated rings. The molecule has 0 bridgehead atoms. The summed E-state index contributed by atoms with van der Waals surface area (Å²) in [6.07, 6.45) is 4.67. The summed E-state index contributed by atoms with van der Waals surface area (Å²) in [5.74, 6) is 1.54. The molecule has 0 aromatic rings. The summed E-state index contributed by atoms with van der Waals surface area (Å²) in [5.41, 5.74) is 0. The van der Waals surface area contributed by atoms with Gasteiger partial charge in [-0.25, -0.2) is 0 Å². The number of aliphatic imine (C=N–C) groups is 1. The molecule has 0 aromatic heterocycles. The van der Waals surface area contributed by atoms with E-state index < -0.39 is 0 Å². The fourth-order valence-electron chi connectivity index (χ4n) is 3.23. The topological polar surface area (TPSA) is 60.0 Å². The van der Waals surface area contributed by atoms with Crippen molar-refractivity contribution in [2.75, 3.05) is 53.4 Å². The Kier molecular flexibility index (Phi) is 9.08. The number of piperazine rings is 1. The van der Waals surface area contributed by atoms with Crippen LogP contribution in [0.15, 0.2) is 4.99 Å². The Hall–Kier alpha value is -0.570. The average Bonchev–Trinajstić information content (AvgIpc) is 3.06. The number of hydrogen-bond donors (Lipinski definition) is 2. The predicted octanol–water partition coefficient (Wildman–Crippen LogP) is 0.734. The molecule has 0 atom stereocenters. The minimum absolute atomic E-state index is 0. The third-order valence-electron chi connectivity index (χ3n) is 4.57. The van der Waals surface area contributed by atoms with Crippen LogP contribution in [0.3, 0.4) is 0 Å². The van der Waals surface area contributed by atoms with Gasteiger partial charge in [-0.05, 0) is 12.8 Å². The molecular weight excluding hydrogens is 393 g/mol. The molecule has 0 spiro atoms. The van der Waals surface area contributed by atoms with E-state index in [-0.39, 0.29) is 24.0 Å². The van der Waals surface area contributed by atoms with Crippen LogP contribution in [0.1, 0.15) is 25.7 Å². The number of rotatable bonds is 4. The normalized spacial score (nSPS) is 20.6. The fourth-order valence-corrected chi connectivity index (χ4v) is 3.23. The lowest BCUT2D eigenvalue weighted by atomic mass is 10.1. The van der Waals surface area contributed by atoms with E-state index in [0.29, 0.717) is 11.8 Å². The zero-order valence-electron chi connectivity index (χ0n) is 13.8. The van der Waals surface area contributed by atoms with Gasteiger partial charge < -0.3 is 15.5 Å². The van der Waals surface area contributed by atoms with Gasteiger partial charge in [0.05, 0.1) is 0 Å². The Morgan fingerprint density at radius 2 is 1.82 bits per heavy atom. The van der Waals surface area contributed by atoms with Crippen LogP contribution in [0.4, 0.5) is 0 Å². The van der Waals surface area contributed by atoms with Gasteiger partial charge in [0.2, 0.25) is 5.91 Å². The molecule has 128 valence electrons. The molecule has 6 nitrogen and oxygen atoms in total. The summed E-state index contributed by atoms with van der Waals surface area (Å²) >= 11 is 0. The zero-order valence-corrected chi connectivity index (χ0v) is 16.1. The second kappa shape index (κ2) is 10.3. The molecule has 0 aromatic carbocycles. The van der Waals surface area contributed by atoms with Crippen LogP contribution in [-0.4, -0.2) is 75.0 Å². The molecule has 0 radical (unpaired) electrons. The molecule has 22 heavy (non-hydrogen) atoms. The minimum atomic E-state index is 0. The highest BCUT2D eigenvalue weighted by molar-refractivity contribution is 14.0. The Bertz CT molecular complexity index is 363. The lowest BCUT2D eigenvalue weighted by molar-refractivity contribution is -0.137. The first-order valence-corrected chi connectivity index (χ1v) is 8.14. The third kappa shape index (κ3) is 5.57. The van der Waals surface area contributed by atoms with E-state index in [1.54, 1.807) is 7.05 Å². The summed E-state index contributed by atoms with van der Waals surface area (Å²) in [6.45, 7) is 5.61. The number of amides is 1. The van der Waals surface area contributed by atoms with Gasteiger partial charge in [-0.2, -0.15) is 0 Å². The first kappa shape index (κ1) is 19.5. The van der Waals surface area contributed by atoms with Crippen molar-refractivity contribution in [2.45, 2.75) is 25.7 Å². The van der Waals surface area contributed by atoms with Crippen molar-refractivity contribution in [2.24, 2.45) is 10.9 Å². The van der Waals surface area contributed by atoms with Crippen LogP contribution in [0.2, 0.25) is 0 Å². The van der Waals surface area contributed by atoms with Gasteiger partial charge in [-0.3, -0.25) is 14.7 Å². The van der Waals surface area contributed by atoms with Crippen molar-refractivity contribution in [3.8, 4) is 0 Å². The van der Waals surface area contributed by atoms with Crippen molar-refractivity contribution in [3.05, 3.63) is 0 Å².